The van der Waals surface area contributed by atoms with E-state index in [4.69, 9.17) is 4.74 Å². The molecule has 6 heteroatoms. The molecule has 0 saturated heterocycles. The number of hydrogen-bond acceptors (Lipinski definition) is 3. The van der Waals surface area contributed by atoms with Crippen LogP contribution in [0, 0.1) is 5.82 Å². The van der Waals surface area contributed by atoms with Gasteiger partial charge >= 0.3 is 0 Å². The largest absolute Gasteiger partial charge is 0.385 e. The van der Waals surface area contributed by atoms with E-state index in [0.29, 0.717) is 25.3 Å². The van der Waals surface area contributed by atoms with Gasteiger partial charge in [0.2, 0.25) is 11.8 Å². The van der Waals surface area contributed by atoms with E-state index >= 15 is 0 Å². The second kappa shape index (κ2) is 8.27. The number of amides is 2. The monoisotopic (exact) mass is 282 g/mol. The summed E-state index contributed by atoms with van der Waals surface area (Å²) in [4.78, 5) is 24.7. The Kier molecular flexibility index (Phi) is 6.66. The molecule has 1 aromatic rings. The lowest BCUT2D eigenvalue weighted by atomic mass is 10.3. The minimum absolute atomic E-state index is 0.0313. The molecule has 0 aliphatic rings. The maximum atomic E-state index is 12.7. The summed E-state index contributed by atoms with van der Waals surface area (Å²) in [6.45, 7) is 2.37. The summed E-state index contributed by atoms with van der Waals surface area (Å²) in [5, 5.41) is 2.61. The van der Waals surface area contributed by atoms with Crippen molar-refractivity contribution in [2.75, 3.05) is 32.1 Å². The first-order chi connectivity index (χ1) is 9.52. The van der Waals surface area contributed by atoms with E-state index in [1.807, 2.05) is 0 Å². The first-order valence-corrected chi connectivity index (χ1v) is 6.33. The number of nitrogens with zero attached hydrogens (tertiary/aromatic N) is 1. The highest BCUT2D eigenvalue weighted by atomic mass is 19.1. The Bertz CT molecular complexity index is 448. The highest BCUT2D eigenvalue weighted by Crippen LogP contribution is 2.08. The summed E-state index contributed by atoms with van der Waals surface area (Å²) >= 11 is 0. The van der Waals surface area contributed by atoms with E-state index in [2.05, 4.69) is 5.32 Å². The Balaban J connectivity index is 2.48. The number of ether oxygens (including phenoxy) is 1. The fraction of sp³-hybridized carbons (Fsp3) is 0.429. The van der Waals surface area contributed by atoms with Crippen molar-refractivity contribution in [3.05, 3.63) is 30.1 Å². The summed E-state index contributed by atoms with van der Waals surface area (Å²) in [6.07, 6.45) is 0.667. The van der Waals surface area contributed by atoms with Crippen LogP contribution in [0.15, 0.2) is 24.3 Å². The van der Waals surface area contributed by atoms with Crippen LogP contribution in [0.1, 0.15) is 13.3 Å². The number of rotatable bonds is 7. The highest BCUT2D eigenvalue weighted by Gasteiger charge is 2.13. The van der Waals surface area contributed by atoms with Crippen LogP contribution in [-0.4, -0.2) is 43.5 Å². The Morgan fingerprint density at radius 2 is 1.95 bits per heavy atom. The predicted molar refractivity (Wildman–Crippen MR) is 73.8 cm³/mol. The normalized spacial score (nSPS) is 10.2. The molecule has 0 radical (unpaired) electrons. The molecule has 20 heavy (non-hydrogen) atoms. The molecular weight excluding hydrogens is 263 g/mol. The fourth-order valence-electron chi connectivity index (χ4n) is 1.65. The average Bonchev–Trinajstić information content (AvgIpc) is 2.40. The first kappa shape index (κ1) is 16.1. The van der Waals surface area contributed by atoms with Gasteiger partial charge in [0, 0.05) is 32.9 Å². The van der Waals surface area contributed by atoms with Crippen molar-refractivity contribution < 1.29 is 18.7 Å². The summed E-state index contributed by atoms with van der Waals surface area (Å²) < 4.78 is 17.6. The molecule has 1 rings (SSSR count). The Morgan fingerprint density at radius 1 is 1.30 bits per heavy atom. The molecule has 5 nitrogen and oxygen atoms in total. The van der Waals surface area contributed by atoms with Crippen LogP contribution < -0.4 is 5.32 Å². The zero-order chi connectivity index (χ0) is 15.0. The van der Waals surface area contributed by atoms with Gasteiger partial charge in [0.05, 0.1) is 6.54 Å². The van der Waals surface area contributed by atoms with Gasteiger partial charge in [0.15, 0.2) is 0 Å². The van der Waals surface area contributed by atoms with Crippen molar-refractivity contribution in [2.24, 2.45) is 0 Å². The number of halogens is 1. The second-order valence-electron chi connectivity index (χ2n) is 4.34. The van der Waals surface area contributed by atoms with Crippen LogP contribution in [-0.2, 0) is 14.3 Å². The van der Waals surface area contributed by atoms with Crippen molar-refractivity contribution in [2.45, 2.75) is 13.3 Å². The first-order valence-electron chi connectivity index (χ1n) is 6.33. The van der Waals surface area contributed by atoms with E-state index in [1.165, 1.54) is 36.1 Å². The third-order valence-corrected chi connectivity index (χ3v) is 2.68. The van der Waals surface area contributed by atoms with Crippen molar-refractivity contribution in [3.63, 3.8) is 0 Å². The molecule has 1 N–H and O–H groups in total. The van der Waals surface area contributed by atoms with Gasteiger partial charge in [-0.1, -0.05) is 0 Å². The van der Waals surface area contributed by atoms with E-state index < -0.39 is 0 Å². The Hall–Kier alpha value is -1.95. The molecule has 110 valence electrons. The number of carbonyl (C=O) groups excluding carboxylic acids is 2. The van der Waals surface area contributed by atoms with Gasteiger partial charge in [-0.3, -0.25) is 9.59 Å². The van der Waals surface area contributed by atoms with Gasteiger partial charge in [-0.2, -0.15) is 0 Å². The average molecular weight is 282 g/mol. The van der Waals surface area contributed by atoms with Gasteiger partial charge in [0.1, 0.15) is 5.82 Å². The number of anilines is 1. The molecule has 0 heterocycles. The lowest BCUT2D eigenvalue weighted by Gasteiger charge is -2.20. The molecule has 0 aromatic heterocycles. The third kappa shape index (κ3) is 5.79. The number of nitrogens with one attached hydrogen (secondary N) is 1. The molecule has 0 fully saturated rings. The Labute approximate surface area is 117 Å². The minimum Gasteiger partial charge on any atom is -0.385 e. The predicted octanol–water partition coefficient (Wildman–Crippen LogP) is 1.65. The SMILES string of the molecule is COCCCN(CC(=O)Nc1ccc(F)cc1)C(C)=O. The molecule has 0 atom stereocenters. The molecule has 0 spiro atoms. The summed E-state index contributed by atoms with van der Waals surface area (Å²) in [7, 11) is 1.58. The molecular formula is C14H19FN2O3. The molecule has 0 saturated carbocycles. The zero-order valence-electron chi connectivity index (χ0n) is 11.7. The summed E-state index contributed by atoms with van der Waals surface area (Å²) in [6, 6.07) is 5.46. The van der Waals surface area contributed by atoms with Gasteiger partial charge in [-0.05, 0) is 30.7 Å². The molecule has 1 aromatic carbocycles. The third-order valence-electron chi connectivity index (χ3n) is 2.68. The molecule has 0 aliphatic heterocycles. The van der Waals surface area contributed by atoms with Crippen LogP contribution in [0.4, 0.5) is 10.1 Å². The topological polar surface area (TPSA) is 58.6 Å². The van der Waals surface area contributed by atoms with Gasteiger partial charge < -0.3 is 15.0 Å². The molecule has 2 amide bonds. The summed E-state index contributed by atoms with van der Waals surface area (Å²) in [5.74, 6) is -0.854. The van der Waals surface area contributed by atoms with Crippen LogP contribution in [0.5, 0.6) is 0 Å². The number of hydrogen-bond donors (Lipinski definition) is 1. The smallest absolute Gasteiger partial charge is 0.243 e. The lowest BCUT2D eigenvalue weighted by molar-refractivity contribution is -0.132. The van der Waals surface area contributed by atoms with Crippen LogP contribution >= 0.6 is 0 Å². The van der Waals surface area contributed by atoms with Crippen LogP contribution in [0.25, 0.3) is 0 Å². The Morgan fingerprint density at radius 3 is 2.50 bits per heavy atom. The molecule has 0 bridgehead atoms. The van der Waals surface area contributed by atoms with Crippen molar-refractivity contribution in [1.29, 1.82) is 0 Å². The fourth-order valence-corrected chi connectivity index (χ4v) is 1.65. The number of carbonyl (C=O) groups is 2. The standard InChI is InChI=1S/C14H19FN2O3/c1-11(18)17(8-3-9-20-2)10-14(19)16-13-6-4-12(15)5-7-13/h4-7H,3,8-10H2,1-2H3,(H,16,19). The van der Waals surface area contributed by atoms with E-state index in [1.54, 1.807) is 7.11 Å². The molecule has 0 unspecified atom stereocenters. The van der Waals surface area contributed by atoms with Crippen molar-refractivity contribution in [3.8, 4) is 0 Å². The highest BCUT2D eigenvalue weighted by molar-refractivity contribution is 5.94. The zero-order valence-corrected chi connectivity index (χ0v) is 11.7. The van der Waals surface area contributed by atoms with Crippen molar-refractivity contribution in [1.82, 2.24) is 4.90 Å². The van der Waals surface area contributed by atoms with E-state index in [9.17, 15) is 14.0 Å². The van der Waals surface area contributed by atoms with Crippen LogP contribution in [0.3, 0.4) is 0 Å². The lowest BCUT2D eigenvalue weighted by Crippen LogP contribution is -2.37. The van der Waals surface area contributed by atoms with Gasteiger partial charge in [-0.15, -0.1) is 0 Å². The molecule has 0 aliphatic carbocycles. The van der Waals surface area contributed by atoms with Gasteiger partial charge in [0.25, 0.3) is 0 Å². The quantitative estimate of drug-likeness (QED) is 0.774. The number of methoxy groups -OCH3 is 1. The van der Waals surface area contributed by atoms with Gasteiger partial charge in [-0.25, -0.2) is 4.39 Å². The van der Waals surface area contributed by atoms with E-state index in [-0.39, 0.29) is 24.2 Å². The van der Waals surface area contributed by atoms with Crippen LogP contribution in [0.2, 0.25) is 0 Å². The second-order valence-corrected chi connectivity index (χ2v) is 4.34. The maximum Gasteiger partial charge on any atom is 0.243 e. The summed E-state index contributed by atoms with van der Waals surface area (Å²) in [5.41, 5.74) is 0.497. The van der Waals surface area contributed by atoms with Crippen molar-refractivity contribution >= 4 is 17.5 Å². The maximum absolute atomic E-state index is 12.7. The minimum atomic E-state index is -0.368. The number of benzene rings is 1. The van der Waals surface area contributed by atoms with E-state index in [0.717, 1.165) is 0 Å².